The fourth-order valence-corrected chi connectivity index (χ4v) is 6.17. The van der Waals surface area contributed by atoms with Crippen molar-refractivity contribution in [3.63, 3.8) is 0 Å². The van der Waals surface area contributed by atoms with Crippen molar-refractivity contribution in [3.05, 3.63) is 100 Å². The minimum absolute atomic E-state index is 0.180. The molecule has 0 saturated heterocycles. The van der Waals surface area contributed by atoms with Gasteiger partial charge < -0.3 is 5.32 Å². The third-order valence-corrected chi connectivity index (χ3v) is 8.09. The predicted octanol–water partition coefficient (Wildman–Crippen LogP) is 6.58. The molecule has 0 aromatic heterocycles. The zero-order valence-electron chi connectivity index (χ0n) is 18.0. The maximum atomic E-state index is 13.2. The van der Waals surface area contributed by atoms with Crippen LogP contribution in [0.2, 0.25) is 5.02 Å². The van der Waals surface area contributed by atoms with Gasteiger partial charge in [-0.05, 0) is 73.2 Å². The van der Waals surface area contributed by atoms with Crippen molar-refractivity contribution in [3.8, 4) is 0 Å². The molecule has 3 aromatic rings. The molecule has 4 nitrogen and oxygen atoms in total. The molecule has 2 aliphatic rings. The number of anilines is 2. The van der Waals surface area contributed by atoms with Crippen LogP contribution in [0.4, 0.5) is 11.4 Å². The quantitative estimate of drug-likeness (QED) is 0.428. The first-order valence-corrected chi connectivity index (χ1v) is 12.6. The van der Waals surface area contributed by atoms with Crippen molar-refractivity contribution < 1.29 is 8.42 Å². The highest BCUT2D eigenvalue weighted by Crippen LogP contribution is 2.50. The number of fused-ring (bicyclic) bond motifs is 3. The number of sulfonamides is 1. The Hall–Kier alpha value is -2.76. The van der Waals surface area contributed by atoms with Crippen LogP contribution < -0.4 is 10.0 Å². The van der Waals surface area contributed by atoms with Crippen LogP contribution in [0.5, 0.6) is 0 Å². The molecule has 0 spiro atoms. The van der Waals surface area contributed by atoms with Crippen molar-refractivity contribution in [2.24, 2.45) is 5.92 Å². The highest BCUT2D eigenvalue weighted by Gasteiger charge is 2.38. The summed E-state index contributed by atoms with van der Waals surface area (Å²) in [6, 6.07) is 19.3. The van der Waals surface area contributed by atoms with E-state index in [1.54, 1.807) is 24.3 Å². The largest absolute Gasteiger partial charge is 0.378 e. The van der Waals surface area contributed by atoms with Crippen molar-refractivity contribution in [1.82, 2.24) is 0 Å². The second kappa shape index (κ2) is 7.98. The minimum Gasteiger partial charge on any atom is -0.378 e. The van der Waals surface area contributed by atoms with Crippen LogP contribution in [0.25, 0.3) is 0 Å². The first-order chi connectivity index (χ1) is 15.3. The number of aryl methyl sites for hydroxylation is 2. The van der Waals surface area contributed by atoms with Crippen LogP contribution in [0.1, 0.15) is 40.6 Å². The summed E-state index contributed by atoms with van der Waals surface area (Å²) in [5, 5.41) is 4.17. The van der Waals surface area contributed by atoms with Gasteiger partial charge in [0.25, 0.3) is 10.0 Å². The lowest BCUT2D eigenvalue weighted by Gasteiger charge is -2.37. The Bertz CT molecular complexity index is 1330. The summed E-state index contributed by atoms with van der Waals surface area (Å²) >= 11 is 6.07. The molecular formula is C26H25ClN2O2S. The molecule has 5 rings (SSSR count). The van der Waals surface area contributed by atoms with Crippen LogP contribution in [-0.4, -0.2) is 8.42 Å². The van der Waals surface area contributed by atoms with E-state index in [1.807, 2.05) is 19.1 Å². The van der Waals surface area contributed by atoms with E-state index in [0.29, 0.717) is 16.6 Å². The number of halogens is 1. The number of hydrogen-bond donors (Lipinski definition) is 2. The van der Waals surface area contributed by atoms with E-state index in [4.69, 9.17) is 11.6 Å². The van der Waals surface area contributed by atoms with E-state index in [1.165, 1.54) is 11.1 Å². The van der Waals surface area contributed by atoms with Crippen molar-refractivity contribution >= 4 is 33.0 Å². The van der Waals surface area contributed by atoms with Gasteiger partial charge in [-0.2, -0.15) is 0 Å². The van der Waals surface area contributed by atoms with Gasteiger partial charge in [0.1, 0.15) is 0 Å². The Labute approximate surface area is 194 Å². The number of hydrogen-bond acceptors (Lipinski definition) is 3. The summed E-state index contributed by atoms with van der Waals surface area (Å²) in [5.74, 6) is 0.533. The van der Waals surface area contributed by atoms with E-state index in [9.17, 15) is 8.42 Å². The molecule has 32 heavy (non-hydrogen) atoms. The number of nitrogens with one attached hydrogen (secondary N) is 2. The van der Waals surface area contributed by atoms with Gasteiger partial charge in [-0.1, -0.05) is 59.6 Å². The molecule has 0 amide bonds. The second-order valence-electron chi connectivity index (χ2n) is 8.70. The summed E-state index contributed by atoms with van der Waals surface area (Å²) in [6.07, 6.45) is 5.40. The molecule has 0 fully saturated rings. The number of benzene rings is 3. The van der Waals surface area contributed by atoms with Crippen molar-refractivity contribution in [2.75, 3.05) is 10.0 Å². The third-order valence-electron chi connectivity index (χ3n) is 6.49. The normalized spacial score (nSPS) is 21.5. The van der Waals surface area contributed by atoms with Gasteiger partial charge in [0, 0.05) is 16.6 Å². The maximum Gasteiger partial charge on any atom is 0.261 e. The highest BCUT2D eigenvalue weighted by molar-refractivity contribution is 7.92. The molecule has 6 heteroatoms. The van der Waals surface area contributed by atoms with Gasteiger partial charge >= 0.3 is 0 Å². The minimum atomic E-state index is -3.75. The average Bonchev–Trinajstić information content (AvgIpc) is 3.25. The van der Waals surface area contributed by atoms with Crippen LogP contribution in [0.3, 0.4) is 0 Å². The molecule has 3 atom stereocenters. The molecule has 1 heterocycles. The molecule has 1 aliphatic carbocycles. The predicted molar refractivity (Wildman–Crippen MR) is 131 cm³/mol. The van der Waals surface area contributed by atoms with Gasteiger partial charge in [-0.25, -0.2) is 8.42 Å². The molecule has 2 N–H and O–H groups in total. The standard InChI is InChI=1S/C26H25ClN2O2S/c1-16-5-3-6-18(13-16)26-22-8-4-7-21(22)23-15-20(11-12-24(23)28-26)32(30,31)29-25-14-19(27)10-9-17(25)2/h3-7,9-15,21-22,26,28-29H,8H2,1-2H3/t21-,22+,26+/m0/s1. The summed E-state index contributed by atoms with van der Waals surface area (Å²) in [4.78, 5) is 0.255. The molecular weight excluding hydrogens is 440 g/mol. The van der Waals surface area contributed by atoms with Crippen molar-refractivity contribution in [2.45, 2.75) is 37.1 Å². The van der Waals surface area contributed by atoms with Gasteiger partial charge in [0.2, 0.25) is 0 Å². The zero-order chi connectivity index (χ0) is 22.5. The Morgan fingerprint density at radius 2 is 1.88 bits per heavy atom. The maximum absolute atomic E-state index is 13.2. The fraction of sp³-hybridized carbons (Fsp3) is 0.231. The number of allylic oxidation sites excluding steroid dienone is 2. The topological polar surface area (TPSA) is 58.2 Å². The van der Waals surface area contributed by atoms with Crippen LogP contribution in [0.15, 0.2) is 77.7 Å². The van der Waals surface area contributed by atoms with E-state index < -0.39 is 10.0 Å². The van der Waals surface area contributed by atoms with E-state index in [-0.39, 0.29) is 16.9 Å². The Morgan fingerprint density at radius 1 is 1.03 bits per heavy atom. The first kappa shape index (κ1) is 21.1. The van der Waals surface area contributed by atoms with Gasteiger partial charge in [-0.3, -0.25) is 4.72 Å². The molecule has 0 radical (unpaired) electrons. The Morgan fingerprint density at radius 3 is 2.69 bits per heavy atom. The van der Waals surface area contributed by atoms with Gasteiger partial charge in [0.15, 0.2) is 0 Å². The molecule has 0 bridgehead atoms. The highest BCUT2D eigenvalue weighted by atomic mass is 35.5. The lowest BCUT2D eigenvalue weighted by molar-refractivity contribution is 0.425. The number of rotatable bonds is 4. The molecule has 1 aliphatic heterocycles. The van der Waals surface area contributed by atoms with E-state index in [2.05, 4.69) is 53.4 Å². The third kappa shape index (κ3) is 3.80. The lowest BCUT2D eigenvalue weighted by atomic mass is 9.77. The second-order valence-corrected chi connectivity index (χ2v) is 10.8. The summed E-state index contributed by atoms with van der Waals surface area (Å²) in [5.41, 5.74) is 5.83. The smallest absolute Gasteiger partial charge is 0.261 e. The summed E-state index contributed by atoms with van der Waals surface area (Å²) in [7, 11) is -3.75. The fourth-order valence-electron chi connectivity index (χ4n) is 4.84. The first-order valence-electron chi connectivity index (χ1n) is 10.7. The molecule has 0 unspecified atom stereocenters. The van der Waals surface area contributed by atoms with Gasteiger partial charge in [-0.15, -0.1) is 0 Å². The van der Waals surface area contributed by atoms with E-state index >= 15 is 0 Å². The van der Waals surface area contributed by atoms with Crippen LogP contribution >= 0.6 is 11.6 Å². The zero-order valence-corrected chi connectivity index (χ0v) is 19.5. The average molecular weight is 465 g/mol. The molecule has 0 saturated carbocycles. The van der Waals surface area contributed by atoms with Crippen molar-refractivity contribution in [1.29, 1.82) is 0 Å². The van der Waals surface area contributed by atoms with E-state index in [0.717, 1.165) is 23.2 Å². The van der Waals surface area contributed by atoms with Crippen LogP contribution in [-0.2, 0) is 10.0 Å². The summed E-state index contributed by atoms with van der Waals surface area (Å²) < 4.78 is 29.0. The lowest BCUT2D eigenvalue weighted by Crippen LogP contribution is -2.29. The Balaban J connectivity index is 1.50. The Kier molecular flexibility index (Phi) is 5.26. The van der Waals surface area contributed by atoms with Gasteiger partial charge in [0.05, 0.1) is 16.6 Å². The summed E-state index contributed by atoms with van der Waals surface area (Å²) in [6.45, 7) is 3.96. The SMILES string of the molecule is Cc1cccc([C@H]2Nc3ccc(S(=O)(=O)Nc4cc(Cl)ccc4C)cc3[C@H]3C=CC[C@H]32)c1. The molecule has 164 valence electrons. The molecule has 3 aromatic carbocycles. The van der Waals surface area contributed by atoms with Crippen LogP contribution in [0, 0.1) is 19.8 Å². The monoisotopic (exact) mass is 464 g/mol.